The van der Waals surface area contributed by atoms with Crippen LogP contribution in [-0.2, 0) is 0 Å². The fraction of sp³-hybridized carbons (Fsp3) is 0.500. The van der Waals surface area contributed by atoms with E-state index in [1.165, 1.54) is 11.8 Å². The molecule has 4 N–H and O–H groups in total. The Hall–Kier alpha value is -1.04. The van der Waals surface area contributed by atoms with Gasteiger partial charge in [-0.05, 0) is 0 Å². The number of thioether (sulfide) groups is 1. The van der Waals surface area contributed by atoms with Gasteiger partial charge in [-0.15, -0.1) is 0 Å². The molecule has 0 fully saturated rings. The van der Waals surface area contributed by atoms with Crippen molar-refractivity contribution in [3.8, 4) is 0 Å². The van der Waals surface area contributed by atoms with Gasteiger partial charge in [-0.3, -0.25) is 0 Å². The van der Waals surface area contributed by atoms with Gasteiger partial charge in [0.1, 0.15) is 0 Å². The average Bonchev–Trinajstić information content (AvgIpc) is 1.81. The Morgan fingerprint density at radius 2 is 1.58 bits per heavy atom. The van der Waals surface area contributed by atoms with Gasteiger partial charge in [-0.2, -0.15) is 15.0 Å². The first-order valence-electron chi connectivity index (χ1n) is 3.51. The van der Waals surface area contributed by atoms with Crippen LogP contribution in [0.15, 0.2) is 5.16 Å². The molecule has 1 rings (SSSR count). The molecule has 0 saturated heterocycles. The average molecular weight is 185 g/mol. The van der Waals surface area contributed by atoms with E-state index in [0.29, 0.717) is 10.4 Å². The Balaban J connectivity index is 2.85. The zero-order valence-electron chi connectivity index (χ0n) is 6.98. The zero-order valence-corrected chi connectivity index (χ0v) is 7.80. The molecule has 12 heavy (non-hydrogen) atoms. The Morgan fingerprint density at radius 1 is 1.08 bits per heavy atom. The number of anilines is 2. The van der Waals surface area contributed by atoms with Crippen LogP contribution in [0.4, 0.5) is 11.9 Å². The van der Waals surface area contributed by atoms with E-state index in [0.717, 1.165) is 0 Å². The van der Waals surface area contributed by atoms with Crippen LogP contribution in [0.2, 0.25) is 0 Å². The summed E-state index contributed by atoms with van der Waals surface area (Å²) in [6, 6.07) is 0. The molecule has 0 aliphatic heterocycles. The van der Waals surface area contributed by atoms with E-state index >= 15 is 0 Å². The largest absolute Gasteiger partial charge is 0.368 e. The second-order valence-corrected chi connectivity index (χ2v) is 4.04. The normalized spacial score (nSPS) is 10.6. The van der Waals surface area contributed by atoms with Crippen LogP contribution in [0.3, 0.4) is 0 Å². The van der Waals surface area contributed by atoms with E-state index in [2.05, 4.69) is 15.0 Å². The molecule has 0 saturated carbocycles. The van der Waals surface area contributed by atoms with Crippen LogP contribution in [0, 0.1) is 0 Å². The second kappa shape index (κ2) is 3.57. The molecule has 0 atom stereocenters. The summed E-state index contributed by atoms with van der Waals surface area (Å²) in [7, 11) is 0. The molecule has 0 bridgehead atoms. The van der Waals surface area contributed by atoms with E-state index in [9.17, 15) is 0 Å². The number of nitrogens with zero attached hydrogens (tertiary/aromatic N) is 3. The number of hydrogen-bond donors (Lipinski definition) is 2. The van der Waals surface area contributed by atoms with Crippen molar-refractivity contribution in [1.29, 1.82) is 0 Å². The highest BCUT2D eigenvalue weighted by Crippen LogP contribution is 2.18. The molecule has 66 valence electrons. The lowest BCUT2D eigenvalue weighted by Crippen LogP contribution is -2.04. The predicted molar refractivity (Wildman–Crippen MR) is 49.6 cm³/mol. The highest BCUT2D eigenvalue weighted by atomic mass is 32.2. The minimum atomic E-state index is 0.172. The number of aromatic nitrogens is 3. The number of hydrogen-bond acceptors (Lipinski definition) is 6. The van der Waals surface area contributed by atoms with Gasteiger partial charge in [-0.1, -0.05) is 25.6 Å². The summed E-state index contributed by atoms with van der Waals surface area (Å²) in [4.78, 5) is 11.5. The smallest absolute Gasteiger partial charge is 0.225 e. The molecule has 1 aromatic rings. The molecule has 1 aromatic heterocycles. The lowest BCUT2D eigenvalue weighted by molar-refractivity contribution is 0.921. The zero-order chi connectivity index (χ0) is 9.14. The molecule has 0 aliphatic carbocycles. The van der Waals surface area contributed by atoms with E-state index < -0.39 is 0 Å². The fourth-order valence-corrected chi connectivity index (χ4v) is 1.37. The lowest BCUT2D eigenvalue weighted by Gasteiger charge is -2.03. The van der Waals surface area contributed by atoms with Gasteiger partial charge in [0.2, 0.25) is 11.9 Å². The molecule has 0 aliphatic rings. The number of rotatable bonds is 2. The maximum absolute atomic E-state index is 5.38. The SMILES string of the molecule is CC(C)Sc1nc(N)nc(N)n1. The first-order valence-corrected chi connectivity index (χ1v) is 4.39. The van der Waals surface area contributed by atoms with Crippen molar-refractivity contribution in [2.75, 3.05) is 11.5 Å². The summed E-state index contributed by atoms with van der Waals surface area (Å²) in [6.07, 6.45) is 0. The fourth-order valence-electron chi connectivity index (χ4n) is 0.652. The summed E-state index contributed by atoms with van der Waals surface area (Å²) in [5, 5.41) is 0.987. The Labute approximate surface area is 75.0 Å². The van der Waals surface area contributed by atoms with Gasteiger partial charge < -0.3 is 11.5 Å². The summed E-state index contributed by atoms with van der Waals surface area (Å²) in [5.74, 6) is 0.344. The first-order chi connectivity index (χ1) is 5.58. The van der Waals surface area contributed by atoms with Crippen molar-refractivity contribution < 1.29 is 0 Å². The van der Waals surface area contributed by atoms with Crippen molar-refractivity contribution in [2.24, 2.45) is 0 Å². The minimum Gasteiger partial charge on any atom is -0.368 e. The summed E-state index contributed by atoms with van der Waals surface area (Å²) < 4.78 is 0. The quantitative estimate of drug-likeness (QED) is 0.653. The lowest BCUT2D eigenvalue weighted by atomic mass is 10.6. The highest BCUT2D eigenvalue weighted by Gasteiger charge is 2.04. The molecule has 6 heteroatoms. The van der Waals surface area contributed by atoms with Crippen LogP contribution in [0.25, 0.3) is 0 Å². The molecule has 0 radical (unpaired) electrons. The van der Waals surface area contributed by atoms with Crippen molar-refractivity contribution in [2.45, 2.75) is 24.3 Å². The van der Waals surface area contributed by atoms with Crippen LogP contribution < -0.4 is 11.5 Å². The third-order valence-corrected chi connectivity index (χ3v) is 1.86. The molecule has 0 aromatic carbocycles. The molecule has 0 amide bonds. The van der Waals surface area contributed by atoms with Crippen molar-refractivity contribution in [3.05, 3.63) is 0 Å². The molecular weight excluding hydrogens is 174 g/mol. The number of nitrogen functional groups attached to an aromatic ring is 2. The summed E-state index contributed by atoms with van der Waals surface area (Å²) in [6.45, 7) is 4.08. The van der Waals surface area contributed by atoms with Crippen molar-refractivity contribution in [3.63, 3.8) is 0 Å². The van der Waals surface area contributed by atoms with Crippen molar-refractivity contribution in [1.82, 2.24) is 15.0 Å². The van der Waals surface area contributed by atoms with Gasteiger partial charge in [0.25, 0.3) is 0 Å². The standard InChI is InChI=1S/C6H11N5S/c1-3(2)12-6-10-4(7)9-5(8)11-6/h3H,1-2H3,(H4,7,8,9,10,11). The van der Waals surface area contributed by atoms with E-state index in [1.807, 2.05) is 13.8 Å². The Kier molecular flexibility index (Phi) is 2.69. The number of nitrogens with two attached hydrogens (primary N) is 2. The highest BCUT2D eigenvalue weighted by molar-refractivity contribution is 7.99. The van der Waals surface area contributed by atoms with Gasteiger partial charge in [0.15, 0.2) is 5.16 Å². The second-order valence-electron chi connectivity index (χ2n) is 2.50. The van der Waals surface area contributed by atoms with E-state index in [1.54, 1.807) is 0 Å². The predicted octanol–water partition coefficient (Wildman–Crippen LogP) is 0.536. The molecule has 1 heterocycles. The Morgan fingerprint density at radius 3 is 2.00 bits per heavy atom. The van der Waals surface area contributed by atoms with Gasteiger partial charge in [0, 0.05) is 5.25 Å². The third-order valence-electron chi connectivity index (χ3n) is 0.991. The van der Waals surface area contributed by atoms with E-state index in [4.69, 9.17) is 11.5 Å². The third kappa shape index (κ3) is 2.54. The molecule has 5 nitrogen and oxygen atoms in total. The van der Waals surface area contributed by atoms with Crippen molar-refractivity contribution >= 4 is 23.7 Å². The van der Waals surface area contributed by atoms with Crippen LogP contribution in [-0.4, -0.2) is 20.2 Å². The van der Waals surface area contributed by atoms with E-state index in [-0.39, 0.29) is 11.9 Å². The Bertz CT molecular complexity index is 254. The first kappa shape index (κ1) is 9.05. The summed E-state index contributed by atoms with van der Waals surface area (Å²) >= 11 is 1.50. The molecule has 0 unspecified atom stereocenters. The van der Waals surface area contributed by atoms with Crippen LogP contribution in [0.5, 0.6) is 0 Å². The van der Waals surface area contributed by atoms with Crippen LogP contribution in [0.1, 0.15) is 13.8 Å². The maximum Gasteiger partial charge on any atom is 0.225 e. The molecular formula is C6H11N5S. The summed E-state index contributed by atoms with van der Waals surface area (Å²) in [5.41, 5.74) is 10.8. The van der Waals surface area contributed by atoms with Crippen LogP contribution >= 0.6 is 11.8 Å². The maximum atomic E-state index is 5.38. The monoisotopic (exact) mass is 185 g/mol. The van der Waals surface area contributed by atoms with Gasteiger partial charge in [-0.25, -0.2) is 0 Å². The van der Waals surface area contributed by atoms with Gasteiger partial charge in [0.05, 0.1) is 0 Å². The molecule has 0 spiro atoms. The minimum absolute atomic E-state index is 0.172. The van der Waals surface area contributed by atoms with Gasteiger partial charge >= 0.3 is 0 Å². The topological polar surface area (TPSA) is 90.7 Å².